The van der Waals surface area contributed by atoms with Gasteiger partial charge < -0.3 is 14.2 Å². The van der Waals surface area contributed by atoms with Gasteiger partial charge in [0.15, 0.2) is 0 Å². The van der Waals surface area contributed by atoms with Crippen molar-refractivity contribution in [1.82, 2.24) is 9.80 Å². The summed E-state index contributed by atoms with van der Waals surface area (Å²) in [5.41, 5.74) is 5.03. The van der Waals surface area contributed by atoms with E-state index >= 15 is 0 Å². The Bertz CT molecular complexity index is 1080. The predicted molar refractivity (Wildman–Crippen MR) is 152 cm³/mol. The van der Waals surface area contributed by atoms with Gasteiger partial charge in [-0.2, -0.15) is 0 Å². The van der Waals surface area contributed by atoms with E-state index in [1.54, 1.807) is 0 Å². The third-order valence-corrected chi connectivity index (χ3v) is 7.27. The molecule has 0 amide bonds. The summed E-state index contributed by atoms with van der Waals surface area (Å²) in [5, 5.41) is 0. The molecule has 0 N–H and O–H groups in total. The molecule has 2 saturated heterocycles. The molecule has 39 heavy (non-hydrogen) atoms. The van der Waals surface area contributed by atoms with Gasteiger partial charge in [-0.3, -0.25) is 9.80 Å². The zero-order chi connectivity index (χ0) is 26.3. The van der Waals surface area contributed by atoms with Gasteiger partial charge in [-0.15, -0.1) is 0 Å². The lowest BCUT2D eigenvalue weighted by molar-refractivity contribution is -0.179. The topological polar surface area (TPSA) is 40.8 Å². The van der Waals surface area contributed by atoms with Crippen molar-refractivity contribution in [3.8, 4) is 0 Å². The summed E-state index contributed by atoms with van der Waals surface area (Å²) in [7, 11) is 0. The van der Waals surface area contributed by atoms with Crippen LogP contribution in [-0.2, 0) is 40.4 Å². The van der Waals surface area contributed by atoms with Crippen LogP contribution in [0.15, 0.2) is 121 Å². The number of nitrogens with zero attached hydrogens (tertiary/aromatic N) is 2. The van der Waals surface area contributed by atoms with Crippen LogP contribution in [0.3, 0.4) is 0 Å². The van der Waals surface area contributed by atoms with Crippen LogP contribution < -0.4 is 0 Å². The van der Waals surface area contributed by atoms with E-state index in [4.69, 9.17) is 14.2 Å². The van der Waals surface area contributed by atoms with Crippen LogP contribution in [0.2, 0.25) is 0 Å². The molecule has 6 rings (SSSR count). The average molecular weight is 521 g/mol. The van der Waals surface area contributed by atoms with Gasteiger partial charge in [0.1, 0.15) is 24.7 Å². The Morgan fingerprint density at radius 1 is 0.487 bits per heavy atom. The van der Waals surface area contributed by atoms with Gasteiger partial charge in [0.2, 0.25) is 0 Å². The number of hydrogen-bond acceptors (Lipinski definition) is 5. The van der Waals surface area contributed by atoms with E-state index in [0.29, 0.717) is 13.2 Å². The largest absolute Gasteiger partial charge is 0.369 e. The minimum Gasteiger partial charge on any atom is -0.369 e. The third-order valence-electron chi connectivity index (χ3n) is 7.27. The fourth-order valence-electron chi connectivity index (χ4n) is 5.14. The third kappa shape index (κ3) is 7.41. The lowest BCUT2D eigenvalue weighted by atomic mass is 10.1. The molecule has 2 fully saturated rings. The van der Waals surface area contributed by atoms with Gasteiger partial charge >= 0.3 is 0 Å². The summed E-state index contributed by atoms with van der Waals surface area (Å²) in [4.78, 5) is 4.84. The minimum atomic E-state index is -0.200. The number of hydrogen-bond donors (Lipinski definition) is 0. The van der Waals surface area contributed by atoms with Crippen molar-refractivity contribution >= 4 is 0 Å². The van der Waals surface area contributed by atoms with Crippen LogP contribution in [0.4, 0.5) is 0 Å². The molecule has 2 aliphatic heterocycles. The SMILES string of the molecule is c1ccc(CN(Cc2ccccc2)C(OC(C2CO2)N(Cc2ccccc2)Cc2ccccc2)C2CO2)cc1. The molecule has 0 aromatic heterocycles. The molecule has 5 nitrogen and oxygen atoms in total. The van der Waals surface area contributed by atoms with E-state index in [-0.39, 0.29) is 24.7 Å². The zero-order valence-corrected chi connectivity index (χ0v) is 22.2. The van der Waals surface area contributed by atoms with Gasteiger partial charge in [-0.1, -0.05) is 121 Å². The molecule has 0 bridgehead atoms. The Labute approximate surface area is 231 Å². The van der Waals surface area contributed by atoms with Gasteiger partial charge in [-0.25, -0.2) is 0 Å². The van der Waals surface area contributed by atoms with E-state index in [1.807, 2.05) is 0 Å². The number of rotatable bonds is 14. The smallest absolute Gasteiger partial charge is 0.142 e. The Morgan fingerprint density at radius 2 is 0.744 bits per heavy atom. The Kier molecular flexibility index (Phi) is 8.44. The second-order valence-corrected chi connectivity index (χ2v) is 10.4. The van der Waals surface area contributed by atoms with E-state index in [2.05, 4.69) is 131 Å². The van der Waals surface area contributed by atoms with Crippen molar-refractivity contribution in [2.24, 2.45) is 0 Å². The standard InChI is InChI=1S/C34H36N2O3/c1-5-13-27(14-6-1)21-35(22-28-15-7-2-8-16-28)33(31-25-37-31)39-34(32-26-38-32)36(23-29-17-9-3-10-18-29)24-30-19-11-4-12-20-30/h1-20,31-34H,21-26H2. The highest BCUT2D eigenvalue weighted by atomic mass is 16.6. The first-order valence-corrected chi connectivity index (χ1v) is 13.8. The van der Waals surface area contributed by atoms with Crippen molar-refractivity contribution in [2.75, 3.05) is 13.2 Å². The van der Waals surface area contributed by atoms with Crippen LogP contribution >= 0.6 is 0 Å². The second kappa shape index (κ2) is 12.7. The summed E-state index contributed by atoms with van der Waals surface area (Å²) in [6.45, 7) is 4.51. The molecule has 0 spiro atoms. The molecule has 5 heteroatoms. The summed E-state index contributed by atoms with van der Waals surface area (Å²) < 4.78 is 19.0. The highest BCUT2D eigenvalue weighted by molar-refractivity contribution is 5.19. The molecular formula is C34H36N2O3. The Hall–Kier alpha value is -3.32. The molecule has 2 heterocycles. The average Bonchev–Trinajstić information content (AvgIpc) is 3.91. The second-order valence-electron chi connectivity index (χ2n) is 10.4. The van der Waals surface area contributed by atoms with Gasteiger partial charge in [0.25, 0.3) is 0 Å². The molecule has 4 atom stereocenters. The maximum atomic E-state index is 7.11. The summed E-state index contributed by atoms with van der Waals surface area (Å²) in [5.74, 6) is 0. The molecule has 4 unspecified atom stereocenters. The van der Waals surface area contributed by atoms with E-state index in [1.165, 1.54) is 22.3 Å². The summed E-state index contributed by atoms with van der Waals surface area (Å²) in [6.07, 6.45) is -0.328. The van der Waals surface area contributed by atoms with Crippen LogP contribution in [0.25, 0.3) is 0 Å². The number of benzene rings is 4. The minimum absolute atomic E-state index is 0.0361. The summed E-state index contributed by atoms with van der Waals surface area (Å²) in [6, 6.07) is 42.5. The lowest BCUT2D eigenvalue weighted by Gasteiger charge is -2.38. The maximum absolute atomic E-state index is 7.11. The lowest BCUT2D eigenvalue weighted by Crippen LogP contribution is -2.49. The van der Waals surface area contributed by atoms with E-state index < -0.39 is 0 Å². The Morgan fingerprint density at radius 3 is 0.974 bits per heavy atom. The highest BCUT2D eigenvalue weighted by Gasteiger charge is 2.45. The van der Waals surface area contributed by atoms with Gasteiger partial charge in [-0.05, 0) is 22.3 Å². The first-order chi connectivity index (χ1) is 19.3. The van der Waals surface area contributed by atoms with Gasteiger partial charge in [0, 0.05) is 26.2 Å². The molecule has 2 aliphatic rings. The highest BCUT2D eigenvalue weighted by Crippen LogP contribution is 2.31. The Balaban J connectivity index is 1.29. The molecule has 0 aliphatic carbocycles. The van der Waals surface area contributed by atoms with Crippen LogP contribution in [-0.4, -0.2) is 47.7 Å². The van der Waals surface area contributed by atoms with Gasteiger partial charge in [0.05, 0.1) is 13.2 Å². The van der Waals surface area contributed by atoms with Crippen LogP contribution in [0.5, 0.6) is 0 Å². The molecular weight excluding hydrogens is 484 g/mol. The molecule has 0 saturated carbocycles. The van der Waals surface area contributed by atoms with Crippen molar-refractivity contribution < 1.29 is 14.2 Å². The number of epoxide rings is 2. The number of ether oxygens (including phenoxy) is 3. The zero-order valence-electron chi connectivity index (χ0n) is 22.2. The fraction of sp³-hybridized carbons (Fsp3) is 0.294. The first-order valence-electron chi connectivity index (χ1n) is 13.8. The van der Waals surface area contributed by atoms with E-state index in [0.717, 1.165) is 26.2 Å². The first kappa shape index (κ1) is 25.9. The molecule has 200 valence electrons. The monoisotopic (exact) mass is 520 g/mol. The predicted octanol–water partition coefficient (Wildman–Crippen LogP) is 5.86. The molecule has 4 aromatic rings. The fourth-order valence-corrected chi connectivity index (χ4v) is 5.14. The maximum Gasteiger partial charge on any atom is 0.142 e. The van der Waals surface area contributed by atoms with E-state index in [9.17, 15) is 0 Å². The normalized spacial score (nSPS) is 19.6. The van der Waals surface area contributed by atoms with Crippen molar-refractivity contribution in [1.29, 1.82) is 0 Å². The van der Waals surface area contributed by atoms with Crippen molar-refractivity contribution in [3.63, 3.8) is 0 Å². The molecule has 0 radical (unpaired) electrons. The van der Waals surface area contributed by atoms with Crippen LogP contribution in [0.1, 0.15) is 22.3 Å². The van der Waals surface area contributed by atoms with Crippen molar-refractivity contribution in [2.45, 2.75) is 50.8 Å². The van der Waals surface area contributed by atoms with Crippen molar-refractivity contribution in [3.05, 3.63) is 144 Å². The quantitative estimate of drug-likeness (QED) is 0.154. The van der Waals surface area contributed by atoms with Crippen LogP contribution in [0, 0.1) is 0 Å². The summed E-state index contributed by atoms with van der Waals surface area (Å²) >= 11 is 0. The molecule has 4 aromatic carbocycles.